The van der Waals surface area contributed by atoms with Crippen molar-refractivity contribution in [2.75, 3.05) is 10.6 Å². The number of carbonyl (C=O) groups excluding carboxylic acids is 1. The number of fused-ring (bicyclic) bond motifs is 4. The standard InChI is InChI=1S/C30H20N6O2/c37-29(19-12-15-31-16-13-19)33-20-8-10-21(11-9-20)34-30-35-26(18-22-14-17-32-36(22)30)25-6-3-5-24-23-4-1-2-7-27(23)38-28(24)25/h1-18H,(H,33,37)(H,34,35). The normalized spacial score (nSPS) is 11.3. The van der Waals surface area contributed by atoms with Crippen LogP contribution in [0.3, 0.4) is 0 Å². The van der Waals surface area contributed by atoms with E-state index in [2.05, 4.69) is 32.8 Å². The van der Waals surface area contributed by atoms with E-state index in [0.29, 0.717) is 17.2 Å². The highest BCUT2D eigenvalue weighted by Gasteiger charge is 2.15. The molecule has 0 spiro atoms. The van der Waals surface area contributed by atoms with E-state index in [1.165, 1.54) is 0 Å². The molecule has 0 bridgehead atoms. The number of nitrogens with zero attached hydrogens (tertiary/aromatic N) is 4. The molecule has 182 valence electrons. The summed E-state index contributed by atoms with van der Waals surface area (Å²) in [6.45, 7) is 0. The van der Waals surface area contributed by atoms with Gasteiger partial charge in [-0.25, -0.2) is 9.50 Å². The molecular weight excluding hydrogens is 476 g/mol. The molecule has 0 radical (unpaired) electrons. The first-order chi connectivity index (χ1) is 18.7. The van der Waals surface area contributed by atoms with E-state index in [1.807, 2.05) is 66.7 Å². The van der Waals surface area contributed by atoms with E-state index < -0.39 is 0 Å². The molecule has 1 amide bonds. The Morgan fingerprint density at radius 2 is 1.58 bits per heavy atom. The zero-order chi connectivity index (χ0) is 25.5. The van der Waals surface area contributed by atoms with Crippen LogP contribution in [-0.2, 0) is 0 Å². The highest BCUT2D eigenvalue weighted by atomic mass is 16.3. The first-order valence-corrected chi connectivity index (χ1v) is 12.1. The summed E-state index contributed by atoms with van der Waals surface area (Å²) in [6, 6.07) is 28.8. The quantitative estimate of drug-likeness (QED) is 0.276. The Labute approximate surface area is 216 Å². The second kappa shape index (κ2) is 8.86. The number of carbonyl (C=O) groups is 1. The third-order valence-corrected chi connectivity index (χ3v) is 6.41. The molecule has 4 heterocycles. The Kier molecular flexibility index (Phi) is 5.07. The highest BCUT2D eigenvalue weighted by Crippen LogP contribution is 2.36. The highest BCUT2D eigenvalue weighted by molar-refractivity contribution is 6.09. The number of pyridine rings is 1. The average Bonchev–Trinajstić information content (AvgIpc) is 3.59. The SMILES string of the molecule is O=C(Nc1ccc(Nc2nc(-c3cccc4c3oc3ccccc34)cc3ccnn23)cc1)c1ccncc1. The molecule has 0 unspecified atom stereocenters. The molecule has 0 atom stereocenters. The van der Waals surface area contributed by atoms with Gasteiger partial charge in [0, 0.05) is 45.7 Å². The van der Waals surface area contributed by atoms with Crippen LogP contribution >= 0.6 is 0 Å². The number of amides is 1. The van der Waals surface area contributed by atoms with Gasteiger partial charge in [-0.15, -0.1) is 0 Å². The topological polar surface area (TPSA) is 97.3 Å². The molecule has 8 nitrogen and oxygen atoms in total. The summed E-state index contributed by atoms with van der Waals surface area (Å²) in [5.74, 6) is 0.365. The Balaban J connectivity index is 1.22. The van der Waals surface area contributed by atoms with Crippen molar-refractivity contribution in [1.82, 2.24) is 19.6 Å². The molecule has 7 rings (SSSR count). The van der Waals surface area contributed by atoms with Gasteiger partial charge in [-0.05, 0) is 60.7 Å². The first kappa shape index (κ1) is 21.8. The second-order valence-electron chi connectivity index (χ2n) is 8.81. The number of benzene rings is 3. The van der Waals surface area contributed by atoms with E-state index in [0.717, 1.165) is 44.4 Å². The van der Waals surface area contributed by atoms with Crippen LogP contribution in [0.5, 0.6) is 0 Å². The number of hydrogen-bond acceptors (Lipinski definition) is 6. The maximum absolute atomic E-state index is 12.4. The zero-order valence-electron chi connectivity index (χ0n) is 20.0. The summed E-state index contributed by atoms with van der Waals surface area (Å²) in [7, 11) is 0. The maximum atomic E-state index is 12.4. The molecule has 0 aliphatic heterocycles. The minimum Gasteiger partial charge on any atom is -0.455 e. The largest absolute Gasteiger partial charge is 0.455 e. The number of nitrogens with one attached hydrogen (secondary N) is 2. The van der Waals surface area contributed by atoms with Gasteiger partial charge in [-0.3, -0.25) is 9.78 Å². The number of hydrogen-bond donors (Lipinski definition) is 2. The van der Waals surface area contributed by atoms with Gasteiger partial charge in [0.2, 0.25) is 5.95 Å². The lowest BCUT2D eigenvalue weighted by Crippen LogP contribution is -2.11. The molecule has 4 aromatic heterocycles. The van der Waals surface area contributed by atoms with Gasteiger partial charge in [0.05, 0.1) is 17.4 Å². The third-order valence-electron chi connectivity index (χ3n) is 6.41. The van der Waals surface area contributed by atoms with Crippen LogP contribution in [0.1, 0.15) is 10.4 Å². The van der Waals surface area contributed by atoms with E-state index in [-0.39, 0.29) is 5.91 Å². The summed E-state index contributed by atoms with van der Waals surface area (Å²) < 4.78 is 8.00. The number of rotatable bonds is 5. The monoisotopic (exact) mass is 496 g/mol. The van der Waals surface area contributed by atoms with Crippen molar-refractivity contribution >= 4 is 50.7 Å². The lowest BCUT2D eigenvalue weighted by atomic mass is 10.1. The number of anilines is 3. The van der Waals surface area contributed by atoms with Crippen molar-refractivity contribution in [3.05, 3.63) is 115 Å². The van der Waals surface area contributed by atoms with Crippen molar-refractivity contribution in [1.29, 1.82) is 0 Å². The van der Waals surface area contributed by atoms with Crippen LogP contribution < -0.4 is 10.6 Å². The predicted octanol–water partition coefficient (Wildman–Crippen LogP) is 6.69. The molecule has 0 aliphatic rings. The van der Waals surface area contributed by atoms with Gasteiger partial charge in [-0.2, -0.15) is 5.10 Å². The number of furan rings is 1. The molecule has 2 N–H and O–H groups in total. The molecule has 7 aromatic rings. The fourth-order valence-electron chi connectivity index (χ4n) is 4.57. The number of para-hydroxylation sites is 2. The van der Waals surface area contributed by atoms with Crippen molar-refractivity contribution in [3.8, 4) is 11.3 Å². The summed E-state index contributed by atoms with van der Waals surface area (Å²) >= 11 is 0. The van der Waals surface area contributed by atoms with Gasteiger partial charge >= 0.3 is 0 Å². The molecular formula is C30H20N6O2. The smallest absolute Gasteiger partial charge is 0.255 e. The first-order valence-electron chi connectivity index (χ1n) is 12.1. The van der Waals surface area contributed by atoms with E-state index in [1.54, 1.807) is 35.2 Å². The zero-order valence-corrected chi connectivity index (χ0v) is 20.0. The lowest BCUT2D eigenvalue weighted by molar-refractivity contribution is 0.102. The van der Waals surface area contributed by atoms with Crippen molar-refractivity contribution in [3.63, 3.8) is 0 Å². The Hall–Kier alpha value is -5.50. The van der Waals surface area contributed by atoms with Crippen LogP contribution in [0.15, 0.2) is 114 Å². The van der Waals surface area contributed by atoms with Crippen LogP contribution in [-0.4, -0.2) is 25.5 Å². The minimum atomic E-state index is -0.194. The van der Waals surface area contributed by atoms with E-state index in [9.17, 15) is 4.79 Å². The van der Waals surface area contributed by atoms with Gasteiger partial charge in [0.1, 0.15) is 11.2 Å². The fourth-order valence-corrected chi connectivity index (χ4v) is 4.57. The molecule has 3 aromatic carbocycles. The minimum absolute atomic E-state index is 0.194. The van der Waals surface area contributed by atoms with Gasteiger partial charge in [0.25, 0.3) is 5.91 Å². The molecule has 8 heteroatoms. The van der Waals surface area contributed by atoms with Crippen molar-refractivity contribution < 1.29 is 9.21 Å². The summed E-state index contributed by atoms with van der Waals surface area (Å²) in [4.78, 5) is 21.3. The van der Waals surface area contributed by atoms with Crippen LogP contribution in [0.25, 0.3) is 38.7 Å². The maximum Gasteiger partial charge on any atom is 0.255 e. The Morgan fingerprint density at radius 3 is 2.45 bits per heavy atom. The average molecular weight is 497 g/mol. The summed E-state index contributed by atoms with van der Waals surface area (Å²) in [6.07, 6.45) is 4.92. The third kappa shape index (κ3) is 3.81. The lowest BCUT2D eigenvalue weighted by Gasteiger charge is -2.11. The van der Waals surface area contributed by atoms with E-state index in [4.69, 9.17) is 9.40 Å². The second-order valence-corrected chi connectivity index (χ2v) is 8.81. The molecule has 0 fully saturated rings. The Bertz CT molecular complexity index is 1940. The van der Waals surface area contributed by atoms with Crippen LogP contribution in [0.2, 0.25) is 0 Å². The molecule has 0 aliphatic carbocycles. The summed E-state index contributed by atoms with van der Waals surface area (Å²) in [5.41, 5.74) is 6.23. The molecule has 38 heavy (non-hydrogen) atoms. The molecule has 0 saturated heterocycles. The van der Waals surface area contributed by atoms with Gasteiger partial charge in [-0.1, -0.05) is 30.3 Å². The Morgan fingerprint density at radius 1 is 0.789 bits per heavy atom. The fraction of sp³-hybridized carbons (Fsp3) is 0. The van der Waals surface area contributed by atoms with Gasteiger partial charge < -0.3 is 15.1 Å². The van der Waals surface area contributed by atoms with E-state index >= 15 is 0 Å². The van der Waals surface area contributed by atoms with Crippen LogP contribution in [0, 0.1) is 0 Å². The molecule has 0 saturated carbocycles. The van der Waals surface area contributed by atoms with Crippen molar-refractivity contribution in [2.45, 2.75) is 0 Å². The van der Waals surface area contributed by atoms with Crippen molar-refractivity contribution in [2.24, 2.45) is 0 Å². The van der Waals surface area contributed by atoms with Gasteiger partial charge in [0.15, 0.2) is 0 Å². The number of aromatic nitrogens is 4. The van der Waals surface area contributed by atoms with Crippen LogP contribution in [0.4, 0.5) is 17.3 Å². The predicted molar refractivity (Wildman–Crippen MR) is 148 cm³/mol. The summed E-state index contributed by atoms with van der Waals surface area (Å²) in [5, 5.41) is 12.8.